The van der Waals surface area contributed by atoms with Gasteiger partial charge in [-0.15, -0.1) is 0 Å². The molecule has 1 N–H and O–H groups in total. The van der Waals surface area contributed by atoms with E-state index in [1.165, 1.54) is 17.6 Å². The number of hydrogen-bond acceptors (Lipinski definition) is 6. The number of fused-ring (bicyclic) bond motifs is 1. The molecule has 0 aliphatic rings. The predicted molar refractivity (Wildman–Crippen MR) is 133 cm³/mol. The second kappa shape index (κ2) is 10.1. The summed E-state index contributed by atoms with van der Waals surface area (Å²) in [6.45, 7) is 1.81. The van der Waals surface area contributed by atoms with Crippen LogP contribution in [-0.2, 0) is 4.79 Å². The van der Waals surface area contributed by atoms with Gasteiger partial charge >= 0.3 is 0 Å². The van der Waals surface area contributed by atoms with E-state index in [9.17, 15) is 14.9 Å². The number of rotatable bonds is 6. The Hall–Kier alpha value is -4.61. The molecule has 0 saturated carbocycles. The summed E-state index contributed by atoms with van der Waals surface area (Å²) in [6.07, 6.45) is 2.73. The Balaban J connectivity index is 1.79. The maximum Gasteiger partial charge on any atom is 0.269 e. The highest BCUT2D eigenvalue weighted by Gasteiger charge is 2.18. The molecular formula is C26H19ClN4O4. The zero-order chi connectivity index (χ0) is 24.9. The maximum atomic E-state index is 13.4. The number of anilines is 1. The first-order chi connectivity index (χ1) is 16.9. The number of pyridine rings is 1. The lowest BCUT2D eigenvalue weighted by atomic mass is 10.1. The molecule has 4 aromatic rings. The fourth-order valence-corrected chi connectivity index (χ4v) is 3.40. The van der Waals surface area contributed by atoms with Crippen LogP contribution in [-0.4, -0.2) is 22.4 Å². The van der Waals surface area contributed by atoms with E-state index in [1.54, 1.807) is 60.8 Å². The van der Waals surface area contributed by atoms with E-state index in [1.807, 2.05) is 19.1 Å². The standard InChI is InChI=1S/C26H19ClN4O4/c1-16-4-3-13-31-23(16)30-25(35-21-9-5-18(27)6-10-21)22(26(31)33)14-17(15-28)24(32)29-19-7-11-20(34-2)12-8-19/h3-14H,1-2H3,(H,29,32). The van der Waals surface area contributed by atoms with Crippen LogP contribution in [0.4, 0.5) is 5.69 Å². The number of nitrogens with one attached hydrogen (secondary N) is 1. The van der Waals surface area contributed by atoms with Crippen LogP contribution in [0.2, 0.25) is 5.02 Å². The Morgan fingerprint density at radius 1 is 1.11 bits per heavy atom. The van der Waals surface area contributed by atoms with Crippen LogP contribution in [0.3, 0.4) is 0 Å². The van der Waals surface area contributed by atoms with E-state index in [0.717, 1.165) is 5.56 Å². The molecule has 2 aromatic carbocycles. The first-order valence-electron chi connectivity index (χ1n) is 10.4. The number of nitriles is 1. The summed E-state index contributed by atoms with van der Waals surface area (Å²) in [7, 11) is 1.53. The second-order valence-corrected chi connectivity index (χ2v) is 7.87. The number of carbonyl (C=O) groups is 1. The number of aryl methyl sites for hydroxylation is 1. The van der Waals surface area contributed by atoms with Crippen LogP contribution in [0.5, 0.6) is 17.4 Å². The van der Waals surface area contributed by atoms with Gasteiger partial charge in [-0.25, -0.2) is 0 Å². The van der Waals surface area contributed by atoms with E-state index in [-0.39, 0.29) is 17.0 Å². The number of aromatic nitrogens is 2. The Kier molecular flexibility index (Phi) is 6.81. The fraction of sp³-hybridized carbons (Fsp3) is 0.0769. The summed E-state index contributed by atoms with van der Waals surface area (Å²) in [4.78, 5) is 30.7. The summed E-state index contributed by atoms with van der Waals surface area (Å²) in [5.74, 6) is 0.268. The molecule has 0 atom stereocenters. The largest absolute Gasteiger partial charge is 0.497 e. The average Bonchev–Trinajstić information content (AvgIpc) is 2.86. The van der Waals surface area contributed by atoms with Gasteiger partial charge in [0, 0.05) is 16.9 Å². The summed E-state index contributed by atoms with van der Waals surface area (Å²) < 4.78 is 12.3. The Bertz CT molecular complexity index is 1540. The zero-order valence-electron chi connectivity index (χ0n) is 18.8. The molecule has 174 valence electrons. The van der Waals surface area contributed by atoms with Gasteiger partial charge < -0.3 is 14.8 Å². The number of carbonyl (C=O) groups excluding carboxylic acids is 1. The number of halogens is 1. The molecule has 0 saturated heterocycles. The van der Waals surface area contributed by atoms with Crippen molar-refractivity contribution in [3.63, 3.8) is 0 Å². The monoisotopic (exact) mass is 486 g/mol. The molecule has 1 amide bonds. The number of ether oxygens (including phenoxy) is 2. The maximum absolute atomic E-state index is 13.4. The van der Waals surface area contributed by atoms with E-state index < -0.39 is 11.5 Å². The van der Waals surface area contributed by atoms with Gasteiger partial charge in [0.15, 0.2) is 0 Å². The van der Waals surface area contributed by atoms with Crippen molar-refractivity contribution in [2.75, 3.05) is 12.4 Å². The van der Waals surface area contributed by atoms with Crippen LogP contribution in [0.25, 0.3) is 11.7 Å². The first kappa shape index (κ1) is 23.5. The summed E-state index contributed by atoms with van der Waals surface area (Å²) in [6, 6.07) is 18.5. The van der Waals surface area contributed by atoms with E-state index in [4.69, 9.17) is 21.1 Å². The molecule has 0 radical (unpaired) electrons. The molecular weight excluding hydrogens is 468 g/mol. The Morgan fingerprint density at radius 2 is 1.80 bits per heavy atom. The van der Waals surface area contributed by atoms with E-state index in [2.05, 4.69) is 10.3 Å². The van der Waals surface area contributed by atoms with Gasteiger partial charge in [-0.3, -0.25) is 14.0 Å². The molecule has 0 aliphatic carbocycles. The van der Waals surface area contributed by atoms with Crippen molar-refractivity contribution >= 4 is 34.9 Å². The van der Waals surface area contributed by atoms with Gasteiger partial charge in [0.2, 0.25) is 5.88 Å². The molecule has 9 heteroatoms. The van der Waals surface area contributed by atoms with Crippen molar-refractivity contribution in [2.24, 2.45) is 0 Å². The molecule has 2 aromatic heterocycles. The average molecular weight is 487 g/mol. The van der Waals surface area contributed by atoms with E-state index >= 15 is 0 Å². The summed E-state index contributed by atoms with van der Waals surface area (Å²) in [5, 5.41) is 12.8. The van der Waals surface area contributed by atoms with Crippen LogP contribution in [0, 0.1) is 18.3 Å². The lowest BCUT2D eigenvalue weighted by Gasteiger charge is -2.12. The SMILES string of the molecule is COc1ccc(NC(=O)C(C#N)=Cc2c(Oc3ccc(Cl)cc3)nc3c(C)cccn3c2=O)cc1. The van der Waals surface area contributed by atoms with Crippen molar-refractivity contribution in [3.05, 3.63) is 98.9 Å². The minimum atomic E-state index is -0.691. The van der Waals surface area contributed by atoms with Gasteiger partial charge in [0.25, 0.3) is 11.5 Å². The van der Waals surface area contributed by atoms with E-state index in [0.29, 0.717) is 27.9 Å². The Morgan fingerprint density at radius 3 is 2.46 bits per heavy atom. The minimum Gasteiger partial charge on any atom is -0.497 e. The predicted octanol–water partition coefficient (Wildman–Crippen LogP) is 5.00. The van der Waals surface area contributed by atoms with Gasteiger partial charge in [0.05, 0.1) is 7.11 Å². The van der Waals surface area contributed by atoms with Gasteiger partial charge in [-0.2, -0.15) is 10.2 Å². The normalized spacial score (nSPS) is 11.1. The Labute approximate surface area is 205 Å². The molecule has 0 bridgehead atoms. The number of benzene rings is 2. The third-order valence-corrected chi connectivity index (χ3v) is 5.33. The molecule has 0 fully saturated rings. The highest BCUT2D eigenvalue weighted by atomic mass is 35.5. The highest BCUT2D eigenvalue weighted by Crippen LogP contribution is 2.26. The third-order valence-electron chi connectivity index (χ3n) is 5.08. The van der Waals surface area contributed by atoms with Crippen LogP contribution < -0.4 is 20.3 Å². The number of amides is 1. The third kappa shape index (κ3) is 5.16. The van der Waals surface area contributed by atoms with Crippen molar-refractivity contribution in [1.82, 2.24) is 9.38 Å². The highest BCUT2D eigenvalue weighted by molar-refractivity contribution is 6.30. The number of nitrogens with zero attached hydrogens (tertiary/aromatic N) is 3. The molecule has 4 rings (SSSR count). The first-order valence-corrected chi connectivity index (χ1v) is 10.8. The smallest absolute Gasteiger partial charge is 0.269 e. The molecule has 0 aliphatic heterocycles. The van der Waals surface area contributed by atoms with Crippen LogP contribution >= 0.6 is 11.6 Å². The molecule has 2 heterocycles. The molecule has 35 heavy (non-hydrogen) atoms. The van der Waals surface area contributed by atoms with Crippen LogP contribution in [0.1, 0.15) is 11.1 Å². The van der Waals surface area contributed by atoms with Crippen LogP contribution in [0.15, 0.2) is 77.2 Å². The lowest BCUT2D eigenvalue weighted by molar-refractivity contribution is -0.112. The number of hydrogen-bond donors (Lipinski definition) is 1. The summed E-state index contributed by atoms with van der Waals surface area (Å²) in [5.41, 5.74) is 0.752. The fourth-order valence-electron chi connectivity index (χ4n) is 3.27. The van der Waals surface area contributed by atoms with Crippen molar-refractivity contribution in [3.8, 4) is 23.4 Å². The number of methoxy groups -OCH3 is 1. The summed E-state index contributed by atoms with van der Waals surface area (Å²) >= 11 is 5.95. The van der Waals surface area contributed by atoms with Gasteiger partial charge in [-0.05, 0) is 73.2 Å². The quantitative estimate of drug-likeness (QED) is 0.303. The lowest BCUT2D eigenvalue weighted by Crippen LogP contribution is -2.20. The topological polar surface area (TPSA) is 106 Å². The van der Waals surface area contributed by atoms with Gasteiger partial charge in [-0.1, -0.05) is 17.7 Å². The molecule has 0 spiro atoms. The van der Waals surface area contributed by atoms with Gasteiger partial charge in [0.1, 0.15) is 34.4 Å². The molecule has 8 nitrogen and oxygen atoms in total. The van der Waals surface area contributed by atoms with Crippen molar-refractivity contribution in [1.29, 1.82) is 5.26 Å². The molecule has 0 unspecified atom stereocenters. The van der Waals surface area contributed by atoms with Crippen molar-refractivity contribution in [2.45, 2.75) is 6.92 Å². The minimum absolute atomic E-state index is 0.0448. The zero-order valence-corrected chi connectivity index (χ0v) is 19.5. The second-order valence-electron chi connectivity index (χ2n) is 7.43. The van der Waals surface area contributed by atoms with Crippen molar-refractivity contribution < 1.29 is 14.3 Å².